The number of benzene rings is 2. The van der Waals surface area contributed by atoms with Gasteiger partial charge in [0.1, 0.15) is 5.75 Å². The first-order chi connectivity index (χ1) is 9.84. The van der Waals surface area contributed by atoms with Gasteiger partial charge in [-0.3, -0.25) is 4.79 Å². The molecule has 0 spiro atoms. The Morgan fingerprint density at radius 1 is 0.950 bits per heavy atom. The van der Waals surface area contributed by atoms with E-state index in [9.17, 15) is 4.79 Å². The Balaban J connectivity index is 1.57. The summed E-state index contributed by atoms with van der Waals surface area (Å²) in [6.07, 6.45) is 4.97. The number of rotatable bonds is 2. The number of fused-ring (bicyclic) bond motifs is 2. The summed E-state index contributed by atoms with van der Waals surface area (Å²) in [5.74, 6) is 2.06. The van der Waals surface area contributed by atoms with Crippen LogP contribution in [0.2, 0.25) is 0 Å². The maximum atomic E-state index is 12.4. The molecule has 2 fully saturated rings. The van der Waals surface area contributed by atoms with E-state index in [2.05, 4.69) is 0 Å². The zero-order chi connectivity index (χ0) is 13.5. The summed E-state index contributed by atoms with van der Waals surface area (Å²) >= 11 is 0. The van der Waals surface area contributed by atoms with Gasteiger partial charge in [0.05, 0.1) is 5.92 Å². The predicted molar refractivity (Wildman–Crippen MR) is 78.5 cm³/mol. The van der Waals surface area contributed by atoms with E-state index in [-0.39, 0.29) is 11.9 Å². The van der Waals surface area contributed by atoms with Crippen molar-refractivity contribution in [2.24, 2.45) is 17.8 Å². The molecule has 2 aliphatic rings. The van der Waals surface area contributed by atoms with E-state index in [0.717, 1.165) is 10.8 Å². The molecular formula is C18H18O2. The van der Waals surface area contributed by atoms with Crippen molar-refractivity contribution in [3.8, 4) is 5.75 Å². The van der Waals surface area contributed by atoms with Crippen LogP contribution < -0.4 is 4.74 Å². The maximum absolute atomic E-state index is 12.4. The highest BCUT2D eigenvalue weighted by Crippen LogP contribution is 2.55. The Morgan fingerprint density at radius 2 is 1.65 bits per heavy atom. The lowest BCUT2D eigenvalue weighted by Crippen LogP contribution is -2.12. The Kier molecular flexibility index (Phi) is 2.76. The van der Waals surface area contributed by atoms with E-state index >= 15 is 0 Å². The summed E-state index contributed by atoms with van der Waals surface area (Å²) in [7, 11) is 0. The molecule has 2 aromatic rings. The Hall–Kier alpha value is -1.83. The molecule has 2 heteroatoms. The van der Waals surface area contributed by atoms with Crippen LogP contribution >= 0.6 is 0 Å². The molecule has 2 aliphatic carbocycles. The third-order valence-electron chi connectivity index (χ3n) is 4.89. The topological polar surface area (TPSA) is 26.3 Å². The van der Waals surface area contributed by atoms with E-state index in [1.54, 1.807) is 0 Å². The lowest BCUT2D eigenvalue weighted by molar-refractivity contribution is -0.136. The highest BCUT2D eigenvalue weighted by molar-refractivity contribution is 5.91. The molecule has 0 heterocycles. The summed E-state index contributed by atoms with van der Waals surface area (Å²) in [4.78, 5) is 12.4. The number of hydrogen-bond acceptors (Lipinski definition) is 2. The average molecular weight is 266 g/mol. The molecule has 2 aromatic carbocycles. The minimum Gasteiger partial charge on any atom is -0.426 e. The molecule has 0 radical (unpaired) electrons. The monoisotopic (exact) mass is 266 g/mol. The van der Waals surface area contributed by atoms with Gasteiger partial charge in [-0.2, -0.15) is 0 Å². The highest BCUT2D eigenvalue weighted by Gasteiger charge is 2.55. The smallest absolute Gasteiger partial charge is 0.314 e. The molecular weight excluding hydrogens is 248 g/mol. The molecule has 0 aromatic heterocycles. The summed E-state index contributed by atoms with van der Waals surface area (Å²) in [5, 5.41) is 2.14. The standard InChI is InChI=1S/C18H18O2/c19-18(17-14-9-3-4-10-15(14)17)20-16-11-5-7-12-6-1-2-8-13(12)16/h1-2,5-8,11,14-15,17H,3-4,9-10H2/t14-,15+,17?. The Bertz CT molecular complexity index is 644. The van der Waals surface area contributed by atoms with Crippen LogP contribution in [0, 0.1) is 17.8 Å². The van der Waals surface area contributed by atoms with Crippen LogP contribution in [-0.4, -0.2) is 5.97 Å². The van der Waals surface area contributed by atoms with E-state index in [0.29, 0.717) is 17.6 Å². The molecule has 4 rings (SSSR count). The molecule has 3 atom stereocenters. The van der Waals surface area contributed by atoms with Gasteiger partial charge in [0.15, 0.2) is 0 Å². The van der Waals surface area contributed by atoms with Gasteiger partial charge in [-0.05, 0) is 36.1 Å². The fraction of sp³-hybridized carbons (Fsp3) is 0.389. The van der Waals surface area contributed by atoms with Gasteiger partial charge < -0.3 is 4.74 Å². The van der Waals surface area contributed by atoms with Crippen LogP contribution in [0.1, 0.15) is 25.7 Å². The van der Waals surface area contributed by atoms with Crippen molar-refractivity contribution >= 4 is 16.7 Å². The normalized spacial score (nSPS) is 27.9. The molecule has 2 saturated carbocycles. The first-order valence-electron chi connectivity index (χ1n) is 7.54. The fourth-order valence-corrected chi connectivity index (χ4v) is 3.80. The largest absolute Gasteiger partial charge is 0.426 e. The predicted octanol–water partition coefficient (Wildman–Crippen LogP) is 4.18. The van der Waals surface area contributed by atoms with Gasteiger partial charge in [-0.1, -0.05) is 49.2 Å². The molecule has 0 N–H and O–H groups in total. The molecule has 0 bridgehead atoms. The Labute approximate surface area is 118 Å². The van der Waals surface area contributed by atoms with Crippen LogP contribution in [0.5, 0.6) is 5.75 Å². The second-order valence-electron chi connectivity index (χ2n) is 6.04. The van der Waals surface area contributed by atoms with Crippen molar-refractivity contribution in [3.63, 3.8) is 0 Å². The maximum Gasteiger partial charge on any atom is 0.314 e. The van der Waals surface area contributed by atoms with E-state index in [1.807, 2.05) is 42.5 Å². The second-order valence-corrected chi connectivity index (χ2v) is 6.04. The minimum atomic E-state index is -0.0155. The summed E-state index contributed by atoms with van der Waals surface area (Å²) < 4.78 is 5.70. The molecule has 2 nitrogen and oxygen atoms in total. The molecule has 102 valence electrons. The van der Waals surface area contributed by atoms with Crippen molar-refractivity contribution in [3.05, 3.63) is 42.5 Å². The number of carbonyl (C=O) groups is 1. The first-order valence-corrected chi connectivity index (χ1v) is 7.54. The first kappa shape index (κ1) is 12.0. The lowest BCUT2D eigenvalue weighted by Gasteiger charge is -2.07. The van der Waals surface area contributed by atoms with E-state index < -0.39 is 0 Å². The van der Waals surface area contributed by atoms with Crippen LogP contribution in [0.25, 0.3) is 10.8 Å². The van der Waals surface area contributed by atoms with E-state index in [4.69, 9.17) is 4.74 Å². The molecule has 0 amide bonds. The molecule has 0 saturated heterocycles. The van der Waals surface area contributed by atoms with Crippen LogP contribution in [0.4, 0.5) is 0 Å². The Morgan fingerprint density at radius 3 is 2.45 bits per heavy atom. The third kappa shape index (κ3) is 1.91. The van der Waals surface area contributed by atoms with Crippen molar-refractivity contribution in [1.29, 1.82) is 0 Å². The highest BCUT2D eigenvalue weighted by atomic mass is 16.5. The van der Waals surface area contributed by atoms with Gasteiger partial charge in [-0.15, -0.1) is 0 Å². The average Bonchev–Trinajstić information content (AvgIpc) is 3.22. The second kappa shape index (κ2) is 4.62. The van der Waals surface area contributed by atoms with Crippen LogP contribution in [0.3, 0.4) is 0 Å². The number of hydrogen-bond donors (Lipinski definition) is 0. The van der Waals surface area contributed by atoms with Gasteiger partial charge in [0.2, 0.25) is 0 Å². The van der Waals surface area contributed by atoms with Crippen molar-refractivity contribution in [1.82, 2.24) is 0 Å². The van der Waals surface area contributed by atoms with Gasteiger partial charge in [0, 0.05) is 5.39 Å². The van der Waals surface area contributed by atoms with Crippen molar-refractivity contribution < 1.29 is 9.53 Å². The van der Waals surface area contributed by atoms with Gasteiger partial charge in [0.25, 0.3) is 0 Å². The van der Waals surface area contributed by atoms with E-state index in [1.165, 1.54) is 25.7 Å². The summed E-state index contributed by atoms with van der Waals surface area (Å²) in [5.41, 5.74) is 0. The minimum absolute atomic E-state index is 0.0155. The quantitative estimate of drug-likeness (QED) is 0.602. The molecule has 20 heavy (non-hydrogen) atoms. The zero-order valence-corrected chi connectivity index (χ0v) is 11.4. The summed E-state index contributed by atoms with van der Waals surface area (Å²) in [6.45, 7) is 0. The van der Waals surface area contributed by atoms with Crippen LogP contribution in [0.15, 0.2) is 42.5 Å². The molecule has 1 unspecified atom stereocenters. The van der Waals surface area contributed by atoms with Crippen molar-refractivity contribution in [2.45, 2.75) is 25.7 Å². The summed E-state index contributed by atoms with van der Waals surface area (Å²) in [6, 6.07) is 13.9. The van der Waals surface area contributed by atoms with Crippen LogP contribution in [-0.2, 0) is 4.79 Å². The van der Waals surface area contributed by atoms with Gasteiger partial charge in [-0.25, -0.2) is 0 Å². The SMILES string of the molecule is O=C(Oc1cccc2ccccc12)C1[C@H]2CCCC[C@@H]12. The number of carbonyl (C=O) groups excluding carboxylic acids is 1. The van der Waals surface area contributed by atoms with Gasteiger partial charge >= 0.3 is 5.97 Å². The number of ether oxygens (including phenoxy) is 1. The third-order valence-corrected chi connectivity index (χ3v) is 4.89. The zero-order valence-electron chi connectivity index (χ0n) is 11.4. The fourth-order valence-electron chi connectivity index (χ4n) is 3.80. The number of esters is 1. The van der Waals surface area contributed by atoms with Crippen molar-refractivity contribution in [2.75, 3.05) is 0 Å². The molecule has 0 aliphatic heterocycles. The lowest BCUT2D eigenvalue weighted by atomic mass is 10.0.